The van der Waals surface area contributed by atoms with E-state index in [1.165, 1.54) is 48.4 Å². The fourth-order valence-corrected chi connectivity index (χ4v) is 6.40. The standard InChI is InChI=1S/C34H35Cl2N3O5S/c1-24(2)37-34(41)32(21-25-7-5-4-6-8-25)38(22-26-9-11-27(35)12-10-26)33(40)23-39(29-15-13-28(36)14-16-29)45(42,43)31-19-17-30(44-3)18-20-31/h4-20,24,32H,21-23H2,1-3H3,(H,37,41). The predicted molar refractivity (Wildman–Crippen MR) is 178 cm³/mol. The topological polar surface area (TPSA) is 96.0 Å². The number of halogens is 2. The van der Waals surface area contributed by atoms with Gasteiger partial charge in [-0.1, -0.05) is 65.7 Å². The first kappa shape index (κ1) is 33.8. The third kappa shape index (κ3) is 9.00. The summed E-state index contributed by atoms with van der Waals surface area (Å²) in [4.78, 5) is 29.6. The van der Waals surface area contributed by atoms with E-state index < -0.39 is 28.5 Å². The minimum Gasteiger partial charge on any atom is -0.497 e. The molecule has 0 bridgehead atoms. The maximum absolute atomic E-state index is 14.4. The number of carbonyl (C=O) groups is 2. The monoisotopic (exact) mass is 667 g/mol. The molecular weight excluding hydrogens is 633 g/mol. The Bertz CT molecular complexity index is 1680. The number of anilines is 1. The molecule has 11 heteroatoms. The zero-order valence-corrected chi connectivity index (χ0v) is 27.5. The Morgan fingerprint density at radius 2 is 1.38 bits per heavy atom. The average molecular weight is 669 g/mol. The second kappa shape index (κ2) is 15.3. The molecule has 8 nitrogen and oxygen atoms in total. The molecule has 1 atom stereocenters. The van der Waals surface area contributed by atoms with Crippen molar-refractivity contribution in [3.63, 3.8) is 0 Å². The first-order valence-electron chi connectivity index (χ1n) is 14.3. The average Bonchev–Trinajstić information content (AvgIpc) is 3.03. The number of benzene rings is 4. The number of ether oxygens (including phenoxy) is 1. The Morgan fingerprint density at radius 3 is 1.93 bits per heavy atom. The maximum Gasteiger partial charge on any atom is 0.264 e. The number of amides is 2. The highest BCUT2D eigenvalue weighted by molar-refractivity contribution is 7.92. The summed E-state index contributed by atoms with van der Waals surface area (Å²) < 4.78 is 34.4. The van der Waals surface area contributed by atoms with Crippen LogP contribution in [0.3, 0.4) is 0 Å². The highest BCUT2D eigenvalue weighted by Crippen LogP contribution is 2.27. The molecule has 0 aliphatic carbocycles. The van der Waals surface area contributed by atoms with Crippen LogP contribution in [-0.4, -0.2) is 50.9 Å². The first-order chi connectivity index (χ1) is 21.5. The number of carbonyl (C=O) groups excluding carboxylic acids is 2. The SMILES string of the molecule is COc1ccc(S(=O)(=O)N(CC(=O)N(Cc2ccc(Cl)cc2)C(Cc2ccccc2)C(=O)NC(C)C)c2ccc(Cl)cc2)cc1. The Balaban J connectivity index is 1.79. The zero-order chi connectivity index (χ0) is 32.6. The number of rotatable bonds is 13. The van der Waals surface area contributed by atoms with Crippen LogP contribution in [0, 0.1) is 0 Å². The van der Waals surface area contributed by atoms with E-state index in [9.17, 15) is 18.0 Å². The fourth-order valence-electron chi connectivity index (χ4n) is 4.73. The molecule has 236 valence electrons. The van der Waals surface area contributed by atoms with Crippen molar-refractivity contribution in [3.8, 4) is 5.75 Å². The van der Waals surface area contributed by atoms with Crippen LogP contribution in [0.25, 0.3) is 0 Å². The van der Waals surface area contributed by atoms with Gasteiger partial charge in [0.1, 0.15) is 18.3 Å². The molecule has 0 aliphatic rings. The molecule has 0 saturated heterocycles. The van der Waals surface area contributed by atoms with E-state index in [0.29, 0.717) is 15.8 Å². The van der Waals surface area contributed by atoms with Gasteiger partial charge >= 0.3 is 0 Å². The molecule has 0 saturated carbocycles. The molecule has 0 heterocycles. The highest BCUT2D eigenvalue weighted by Gasteiger charge is 2.35. The molecular formula is C34H35Cl2N3O5S. The van der Waals surface area contributed by atoms with Gasteiger partial charge in [-0.2, -0.15) is 0 Å². The van der Waals surface area contributed by atoms with Gasteiger partial charge in [-0.15, -0.1) is 0 Å². The van der Waals surface area contributed by atoms with E-state index in [-0.39, 0.29) is 35.5 Å². The molecule has 1 unspecified atom stereocenters. The molecule has 4 rings (SSSR count). The van der Waals surface area contributed by atoms with Crippen molar-refractivity contribution in [3.05, 3.63) is 124 Å². The summed E-state index contributed by atoms with van der Waals surface area (Å²) in [6.45, 7) is 3.14. The molecule has 0 radical (unpaired) electrons. The van der Waals surface area contributed by atoms with Crippen LogP contribution in [0.2, 0.25) is 10.0 Å². The van der Waals surface area contributed by atoms with Gasteiger partial charge in [0.2, 0.25) is 11.8 Å². The maximum atomic E-state index is 14.4. The number of sulfonamides is 1. The predicted octanol–water partition coefficient (Wildman–Crippen LogP) is 6.36. The van der Waals surface area contributed by atoms with Crippen LogP contribution < -0.4 is 14.4 Å². The van der Waals surface area contributed by atoms with Crippen molar-refractivity contribution in [2.75, 3.05) is 18.0 Å². The van der Waals surface area contributed by atoms with Crippen molar-refractivity contribution in [2.45, 2.75) is 43.8 Å². The molecule has 4 aromatic rings. The van der Waals surface area contributed by atoms with Crippen molar-refractivity contribution in [1.29, 1.82) is 0 Å². The summed E-state index contributed by atoms with van der Waals surface area (Å²) in [7, 11) is -2.77. The molecule has 4 aromatic carbocycles. The number of methoxy groups -OCH3 is 1. The van der Waals surface area contributed by atoms with Crippen LogP contribution in [0.1, 0.15) is 25.0 Å². The molecule has 45 heavy (non-hydrogen) atoms. The van der Waals surface area contributed by atoms with Crippen LogP contribution in [0.4, 0.5) is 5.69 Å². The van der Waals surface area contributed by atoms with E-state index in [2.05, 4.69) is 5.32 Å². The summed E-state index contributed by atoms with van der Waals surface area (Å²) in [5.41, 5.74) is 1.80. The molecule has 1 N–H and O–H groups in total. The van der Waals surface area contributed by atoms with Gasteiger partial charge in [-0.3, -0.25) is 13.9 Å². The van der Waals surface area contributed by atoms with Crippen LogP contribution in [0.5, 0.6) is 5.75 Å². The lowest BCUT2D eigenvalue weighted by atomic mass is 10.0. The Hall–Kier alpha value is -4.05. The minimum absolute atomic E-state index is 0.0336. The minimum atomic E-state index is -4.25. The number of hydrogen-bond acceptors (Lipinski definition) is 5. The van der Waals surface area contributed by atoms with Crippen LogP contribution in [0.15, 0.2) is 108 Å². The van der Waals surface area contributed by atoms with E-state index in [1.54, 1.807) is 36.4 Å². The quantitative estimate of drug-likeness (QED) is 0.179. The van der Waals surface area contributed by atoms with Crippen molar-refractivity contribution < 1.29 is 22.7 Å². The van der Waals surface area contributed by atoms with E-state index in [4.69, 9.17) is 27.9 Å². The fraction of sp³-hybridized carbons (Fsp3) is 0.235. The largest absolute Gasteiger partial charge is 0.497 e. The first-order valence-corrected chi connectivity index (χ1v) is 16.5. The normalized spacial score (nSPS) is 12.0. The lowest BCUT2D eigenvalue weighted by molar-refractivity contribution is -0.140. The Labute approximate surface area is 274 Å². The van der Waals surface area contributed by atoms with E-state index >= 15 is 0 Å². The number of nitrogens with one attached hydrogen (secondary N) is 1. The number of nitrogens with zero attached hydrogens (tertiary/aromatic N) is 2. The van der Waals surface area contributed by atoms with Gasteiger partial charge in [0.25, 0.3) is 10.0 Å². The van der Waals surface area contributed by atoms with Gasteiger partial charge in [0.15, 0.2) is 0 Å². The summed E-state index contributed by atoms with van der Waals surface area (Å²) >= 11 is 12.3. The van der Waals surface area contributed by atoms with Crippen molar-refractivity contribution >= 4 is 50.7 Å². The van der Waals surface area contributed by atoms with Crippen LogP contribution in [-0.2, 0) is 32.6 Å². The zero-order valence-electron chi connectivity index (χ0n) is 25.2. The van der Waals surface area contributed by atoms with Gasteiger partial charge in [0, 0.05) is 29.1 Å². The Kier molecular flexibility index (Phi) is 11.5. The highest BCUT2D eigenvalue weighted by atomic mass is 35.5. The molecule has 0 spiro atoms. The molecule has 0 aromatic heterocycles. The second-order valence-electron chi connectivity index (χ2n) is 10.7. The van der Waals surface area contributed by atoms with Crippen LogP contribution >= 0.6 is 23.2 Å². The van der Waals surface area contributed by atoms with Crippen molar-refractivity contribution in [1.82, 2.24) is 10.2 Å². The summed E-state index contributed by atoms with van der Waals surface area (Å²) in [6.07, 6.45) is 0.213. The summed E-state index contributed by atoms with van der Waals surface area (Å²) in [5, 5.41) is 3.87. The summed E-state index contributed by atoms with van der Waals surface area (Å²) in [5.74, 6) is -0.443. The lowest BCUT2D eigenvalue weighted by Crippen LogP contribution is -2.54. The van der Waals surface area contributed by atoms with E-state index in [1.807, 2.05) is 44.2 Å². The smallest absolute Gasteiger partial charge is 0.264 e. The Morgan fingerprint density at radius 1 is 0.800 bits per heavy atom. The molecule has 0 aliphatic heterocycles. The molecule has 0 fully saturated rings. The molecule has 2 amide bonds. The van der Waals surface area contributed by atoms with E-state index in [0.717, 1.165) is 15.4 Å². The third-order valence-corrected chi connectivity index (χ3v) is 9.30. The summed E-state index contributed by atoms with van der Waals surface area (Å²) in [6, 6.07) is 27.3. The van der Waals surface area contributed by atoms with Gasteiger partial charge < -0.3 is 15.0 Å². The number of hydrogen-bond donors (Lipinski definition) is 1. The van der Waals surface area contributed by atoms with Gasteiger partial charge in [0.05, 0.1) is 17.7 Å². The van der Waals surface area contributed by atoms with Gasteiger partial charge in [-0.25, -0.2) is 8.42 Å². The van der Waals surface area contributed by atoms with Crippen molar-refractivity contribution in [2.24, 2.45) is 0 Å². The lowest BCUT2D eigenvalue weighted by Gasteiger charge is -2.34. The second-order valence-corrected chi connectivity index (χ2v) is 13.4. The third-order valence-electron chi connectivity index (χ3n) is 7.01. The van der Waals surface area contributed by atoms with Gasteiger partial charge in [-0.05, 0) is 85.6 Å².